The Morgan fingerprint density at radius 3 is 2.47 bits per heavy atom. The van der Waals surface area contributed by atoms with Crippen molar-refractivity contribution >= 4 is 11.6 Å². The van der Waals surface area contributed by atoms with Crippen LogP contribution in [0.1, 0.15) is 33.6 Å². The third-order valence-corrected chi connectivity index (χ3v) is 2.45. The van der Waals surface area contributed by atoms with Crippen LogP contribution in [0.25, 0.3) is 0 Å². The maximum Gasteiger partial charge on any atom is 0.131 e. The minimum absolute atomic E-state index is 0.599. The first kappa shape index (κ1) is 15.7. The van der Waals surface area contributed by atoms with Crippen molar-refractivity contribution in [3.63, 3.8) is 0 Å². The molecule has 1 aromatic rings. The summed E-state index contributed by atoms with van der Waals surface area (Å²) in [6.45, 7) is 9.86. The SMILES string of the molecule is CCCNc1cc(NCCCOCC(C)C)ncn1. The number of nitrogens with one attached hydrogen (secondary N) is 2. The van der Waals surface area contributed by atoms with Crippen LogP contribution in [0, 0.1) is 5.92 Å². The fourth-order valence-corrected chi connectivity index (χ4v) is 1.51. The van der Waals surface area contributed by atoms with Crippen molar-refractivity contribution in [2.45, 2.75) is 33.6 Å². The lowest BCUT2D eigenvalue weighted by atomic mass is 10.2. The minimum atomic E-state index is 0.599. The molecule has 0 bridgehead atoms. The Bertz CT molecular complexity index is 344. The van der Waals surface area contributed by atoms with E-state index in [-0.39, 0.29) is 0 Å². The van der Waals surface area contributed by atoms with E-state index in [1.807, 2.05) is 6.07 Å². The van der Waals surface area contributed by atoms with E-state index in [1.165, 1.54) is 0 Å². The molecule has 0 radical (unpaired) electrons. The van der Waals surface area contributed by atoms with Gasteiger partial charge in [-0.15, -0.1) is 0 Å². The van der Waals surface area contributed by atoms with E-state index in [0.29, 0.717) is 5.92 Å². The highest BCUT2D eigenvalue weighted by Crippen LogP contribution is 2.08. The van der Waals surface area contributed by atoms with Gasteiger partial charge in [-0.25, -0.2) is 9.97 Å². The standard InChI is InChI=1S/C14H26N4O/c1-4-6-15-13-9-14(18-11-17-13)16-7-5-8-19-10-12(2)3/h9,11-12H,4-8,10H2,1-3H3,(H2,15,16,17,18). The van der Waals surface area contributed by atoms with Crippen molar-refractivity contribution in [2.75, 3.05) is 36.9 Å². The zero-order chi connectivity index (χ0) is 13.9. The predicted octanol–water partition coefficient (Wildman–Crippen LogP) is 2.77. The zero-order valence-electron chi connectivity index (χ0n) is 12.3. The molecule has 5 nitrogen and oxygen atoms in total. The maximum absolute atomic E-state index is 5.52. The third-order valence-electron chi connectivity index (χ3n) is 2.45. The quantitative estimate of drug-likeness (QED) is 0.638. The number of ether oxygens (including phenoxy) is 1. The molecular weight excluding hydrogens is 240 g/mol. The van der Waals surface area contributed by atoms with E-state index < -0.39 is 0 Å². The molecule has 5 heteroatoms. The summed E-state index contributed by atoms with van der Waals surface area (Å²) in [6.07, 6.45) is 3.64. The van der Waals surface area contributed by atoms with Crippen LogP contribution in [-0.2, 0) is 4.74 Å². The van der Waals surface area contributed by atoms with Gasteiger partial charge >= 0.3 is 0 Å². The molecule has 0 unspecified atom stereocenters. The molecule has 1 aromatic heterocycles. The Balaban J connectivity index is 2.18. The smallest absolute Gasteiger partial charge is 0.131 e. The van der Waals surface area contributed by atoms with E-state index in [9.17, 15) is 0 Å². The summed E-state index contributed by atoms with van der Waals surface area (Å²) in [5, 5.41) is 6.52. The van der Waals surface area contributed by atoms with Crippen LogP contribution in [0.2, 0.25) is 0 Å². The highest BCUT2D eigenvalue weighted by molar-refractivity contribution is 5.46. The van der Waals surface area contributed by atoms with E-state index in [2.05, 4.69) is 41.4 Å². The molecule has 0 aliphatic heterocycles. The molecule has 0 saturated heterocycles. The average Bonchev–Trinajstić information content (AvgIpc) is 2.40. The first-order valence-electron chi connectivity index (χ1n) is 7.10. The lowest BCUT2D eigenvalue weighted by molar-refractivity contribution is 0.110. The molecular formula is C14H26N4O. The van der Waals surface area contributed by atoms with Crippen LogP contribution in [0.15, 0.2) is 12.4 Å². The monoisotopic (exact) mass is 266 g/mol. The second kappa shape index (κ2) is 9.55. The summed E-state index contributed by atoms with van der Waals surface area (Å²) in [4.78, 5) is 8.36. The van der Waals surface area contributed by atoms with Gasteiger partial charge in [-0.05, 0) is 18.8 Å². The van der Waals surface area contributed by atoms with Gasteiger partial charge in [0, 0.05) is 32.4 Å². The molecule has 19 heavy (non-hydrogen) atoms. The van der Waals surface area contributed by atoms with Crippen LogP contribution in [0.3, 0.4) is 0 Å². The number of aromatic nitrogens is 2. The Labute approximate surface area is 116 Å². The normalized spacial score (nSPS) is 10.7. The van der Waals surface area contributed by atoms with Gasteiger partial charge in [0.2, 0.25) is 0 Å². The van der Waals surface area contributed by atoms with E-state index in [1.54, 1.807) is 6.33 Å². The van der Waals surface area contributed by atoms with Crippen molar-refractivity contribution in [1.29, 1.82) is 0 Å². The number of anilines is 2. The molecule has 1 rings (SSSR count). The molecule has 0 amide bonds. The molecule has 0 spiro atoms. The second-order valence-electron chi connectivity index (χ2n) is 4.96. The Morgan fingerprint density at radius 1 is 1.16 bits per heavy atom. The van der Waals surface area contributed by atoms with Crippen molar-refractivity contribution in [1.82, 2.24) is 9.97 Å². The van der Waals surface area contributed by atoms with Gasteiger partial charge in [-0.2, -0.15) is 0 Å². The van der Waals surface area contributed by atoms with Crippen LogP contribution in [0.5, 0.6) is 0 Å². The summed E-state index contributed by atoms with van der Waals surface area (Å²) >= 11 is 0. The first-order valence-corrected chi connectivity index (χ1v) is 7.10. The highest BCUT2D eigenvalue weighted by atomic mass is 16.5. The molecule has 0 fully saturated rings. The van der Waals surface area contributed by atoms with Crippen molar-refractivity contribution < 1.29 is 4.74 Å². The van der Waals surface area contributed by atoms with Crippen LogP contribution in [-0.4, -0.2) is 36.3 Å². The molecule has 2 N–H and O–H groups in total. The fraction of sp³-hybridized carbons (Fsp3) is 0.714. The number of nitrogens with zero attached hydrogens (tertiary/aromatic N) is 2. The molecule has 0 aliphatic rings. The van der Waals surface area contributed by atoms with Crippen molar-refractivity contribution in [3.8, 4) is 0 Å². The first-order chi connectivity index (χ1) is 9.22. The van der Waals surface area contributed by atoms with Gasteiger partial charge in [-0.1, -0.05) is 20.8 Å². The average molecular weight is 266 g/mol. The topological polar surface area (TPSA) is 59.1 Å². The number of rotatable bonds is 10. The highest BCUT2D eigenvalue weighted by Gasteiger charge is 1.98. The molecule has 0 aromatic carbocycles. The lowest BCUT2D eigenvalue weighted by Gasteiger charge is -2.09. The lowest BCUT2D eigenvalue weighted by Crippen LogP contribution is -2.10. The second-order valence-corrected chi connectivity index (χ2v) is 4.96. The molecule has 0 saturated carbocycles. The van der Waals surface area contributed by atoms with E-state index in [4.69, 9.17) is 4.74 Å². The van der Waals surface area contributed by atoms with Gasteiger partial charge in [0.05, 0.1) is 0 Å². The van der Waals surface area contributed by atoms with E-state index >= 15 is 0 Å². The Hall–Kier alpha value is -1.36. The maximum atomic E-state index is 5.52. The fourth-order valence-electron chi connectivity index (χ4n) is 1.51. The van der Waals surface area contributed by atoms with Crippen molar-refractivity contribution in [2.24, 2.45) is 5.92 Å². The third kappa shape index (κ3) is 7.62. The van der Waals surface area contributed by atoms with Crippen molar-refractivity contribution in [3.05, 3.63) is 12.4 Å². The molecule has 0 aliphatic carbocycles. The summed E-state index contributed by atoms with van der Waals surface area (Å²) in [5.41, 5.74) is 0. The summed E-state index contributed by atoms with van der Waals surface area (Å²) in [5.74, 6) is 2.33. The summed E-state index contributed by atoms with van der Waals surface area (Å²) in [6, 6.07) is 1.94. The molecule has 1 heterocycles. The van der Waals surface area contributed by atoms with Crippen LogP contribution in [0.4, 0.5) is 11.6 Å². The van der Waals surface area contributed by atoms with Gasteiger partial charge in [0.15, 0.2) is 0 Å². The molecule has 108 valence electrons. The number of hydrogen-bond acceptors (Lipinski definition) is 5. The largest absolute Gasteiger partial charge is 0.381 e. The number of hydrogen-bond donors (Lipinski definition) is 2. The Morgan fingerprint density at radius 2 is 1.84 bits per heavy atom. The van der Waals surface area contributed by atoms with Crippen LogP contribution < -0.4 is 10.6 Å². The Kier molecular flexibility index (Phi) is 7.89. The summed E-state index contributed by atoms with van der Waals surface area (Å²) < 4.78 is 5.52. The van der Waals surface area contributed by atoms with Gasteiger partial charge in [0.1, 0.15) is 18.0 Å². The van der Waals surface area contributed by atoms with Crippen LogP contribution >= 0.6 is 0 Å². The van der Waals surface area contributed by atoms with Gasteiger partial charge in [0.25, 0.3) is 0 Å². The van der Waals surface area contributed by atoms with E-state index in [0.717, 1.165) is 50.8 Å². The predicted molar refractivity (Wildman–Crippen MR) is 79.6 cm³/mol. The zero-order valence-corrected chi connectivity index (χ0v) is 12.3. The summed E-state index contributed by atoms with van der Waals surface area (Å²) in [7, 11) is 0. The van der Waals surface area contributed by atoms with Gasteiger partial charge in [-0.3, -0.25) is 0 Å². The molecule has 0 atom stereocenters. The van der Waals surface area contributed by atoms with Gasteiger partial charge < -0.3 is 15.4 Å². The minimum Gasteiger partial charge on any atom is -0.381 e.